The highest BCUT2D eigenvalue weighted by Gasteiger charge is 2.26. The Labute approximate surface area is 80.4 Å². The SMILES string of the molecule is CC(C)(CN)C(=O)Nc1nncs1. The van der Waals surface area contributed by atoms with E-state index in [1.807, 2.05) is 0 Å². The molecule has 1 aromatic rings. The van der Waals surface area contributed by atoms with Crippen LogP contribution >= 0.6 is 11.3 Å². The predicted molar refractivity (Wildman–Crippen MR) is 51.4 cm³/mol. The van der Waals surface area contributed by atoms with E-state index in [4.69, 9.17) is 5.73 Å². The lowest BCUT2D eigenvalue weighted by atomic mass is 9.93. The minimum Gasteiger partial charge on any atom is -0.329 e. The Morgan fingerprint density at radius 2 is 2.46 bits per heavy atom. The number of hydrogen-bond donors (Lipinski definition) is 2. The largest absolute Gasteiger partial charge is 0.329 e. The van der Waals surface area contributed by atoms with Crippen molar-refractivity contribution in [3.05, 3.63) is 5.51 Å². The summed E-state index contributed by atoms with van der Waals surface area (Å²) in [5.74, 6) is -0.133. The van der Waals surface area contributed by atoms with Gasteiger partial charge in [-0.05, 0) is 13.8 Å². The number of nitrogens with two attached hydrogens (primary N) is 1. The first-order chi connectivity index (χ1) is 6.06. The highest BCUT2D eigenvalue weighted by atomic mass is 32.1. The molecule has 0 saturated heterocycles. The molecule has 0 saturated carbocycles. The highest BCUT2D eigenvalue weighted by molar-refractivity contribution is 7.13. The van der Waals surface area contributed by atoms with Crippen LogP contribution < -0.4 is 11.1 Å². The number of nitrogens with one attached hydrogen (secondary N) is 1. The van der Waals surface area contributed by atoms with E-state index in [9.17, 15) is 4.79 Å². The van der Waals surface area contributed by atoms with Gasteiger partial charge in [-0.25, -0.2) is 0 Å². The number of anilines is 1. The number of nitrogens with zero attached hydrogens (tertiary/aromatic N) is 2. The smallest absolute Gasteiger partial charge is 0.233 e. The molecule has 0 spiro atoms. The van der Waals surface area contributed by atoms with Crippen LogP contribution in [0.1, 0.15) is 13.8 Å². The minimum absolute atomic E-state index is 0.133. The van der Waals surface area contributed by atoms with E-state index in [1.54, 1.807) is 19.4 Å². The zero-order valence-electron chi connectivity index (χ0n) is 7.57. The van der Waals surface area contributed by atoms with Gasteiger partial charge >= 0.3 is 0 Å². The highest BCUT2D eigenvalue weighted by Crippen LogP contribution is 2.17. The average Bonchev–Trinajstić information content (AvgIpc) is 2.57. The molecular formula is C7H12N4OS. The third-order valence-corrected chi connectivity index (χ3v) is 2.31. The monoisotopic (exact) mass is 200 g/mol. The van der Waals surface area contributed by atoms with Gasteiger partial charge in [-0.3, -0.25) is 4.79 Å². The molecule has 0 fully saturated rings. The zero-order chi connectivity index (χ0) is 9.90. The van der Waals surface area contributed by atoms with Crippen LogP contribution in [0.3, 0.4) is 0 Å². The lowest BCUT2D eigenvalue weighted by Gasteiger charge is -2.19. The summed E-state index contributed by atoms with van der Waals surface area (Å²) in [6.07, 6.45) is 0. The first kappa shape index (κ1) is 10.1. The molecule has 0 atom stereocenters. The molecule has 1 heterocycles. The summed E-state index contributed by atoms with van der Waals surface area (Å²) >= 11 is 1.28. The third-order valence-electron chi connectivity index (χ3n) is 1.71. The van der Waals surface area contributed by atoms with Crippen molar-refractivity contribution in [2.75, 3.05) is 11.9 Å². The maximum Gasteiger partial charge on any atom is 0.233 e. The molecule has 0 aliphatic carbocycles. The second kappa shape index (κ2) is 3.80. The summed E-state index contributed by atoms with van der Waals surface area (Å²) in [6, 6.07) is 0. The van der Waals surface area contributed by atoms with Crippen LogP contribution in [-0.2, 0) is 4.79 Å². The molecule has 1 amide bonds. The second-order valence-corrected chi connectivity index (χ2v) is 4.12. The first-order valence-electron chi connectivity index (χ1n) is 3.84. The Morgan fingerprint density at radius 1 is 1.77 bits per heavy atom. The normalized spacial score (nSPS) is 11.3. The maximum absolute atomic E-state index is 11.5. The van der Waals surface area contributed by atoms with Crippen LogP contribution in [0.2, 0.25) is 0 Å². The molecule has 0 unspecified atom stereocenters. The summed E-state index contributed by atoms with van der Waals surface area (Å²) in [7, 11) is 0. The third kappa shape index (κ3) is 2.46. The minimum atomic E-state index is -0.564. The topological polar surface area (TPSA) is 80.9 Å². The van der Waals surface area contributed by atoms with Crippen LogP contribution in [0.5, 0.6) is 0 Å². The molecule has 0 radical (unpaired) electrons. The van der Waals surface area contributed by atoms with E-state index in [-0.39, 0.29) is 5.91 Å². The maximum atomic E-state index is 11.5. The Morgan fingerprint density at radius 3 is 2.92 bits per heavy atom. The van der Waals surface area contributed by atoms with Gasteiger partial charge in [0.1, 0.15) is 5.51 Å². The Balaban J connectivity index is 2.61. The summed E-state index contributed by atoms with van der Waals surface area (Å²) < 4.78 is 0. The number of rotatable bonds is 3. The summed E-state index contributed by atoms with van der Waals surface area (Å²) in [6.45, 7) is 3.87. The number of carbonyl (C=O) groups excluding carboxylic acids is 1. The Kier molecular flexibility index (Phi) is 2.94. The van der Waals surface area contributed by atoms with Gasteiger partial charge in [0, 0.05) is 6.54 Å². The molecule has 5 nitrogen and oxygen atoms in total. The molecule has 6 heteroatoms. The standard InChI is InChI=1S/C7H12N4OS/c1-7(2,3-8)5(12)10-6-11-9-4-13-6/h4H,3,8H2,1-2H3,(H,10,11,12). The molecule has 1 rings (SSSR count). The van der Waals surface area contributed by atoms with Crippen molar-refractivity contribution in [3.8, 4) is 0 Å². The van der Waals surface area contributed by atoms with E-state index < -0.39 is 5.41 Å². The molecule has 0 aromatic carbocycles. The predicted octanol–water partition coefficient (Wildman–Crippen LogP) is 0.461. The molecule has 0 bridgehead atoms. The van der Waals surface area contributed by atoms with Crippen LogP contribution in [-0.4, -0.2) is 22.6 Å². The summed E-state index contributed by atoms with van der Waals surface area (Å²) in [5, 5.41) is 10.5. The van der Waals surface area contributed by atoms with Crippen LogP contribution in [0.25, 0.3) is 0 Å². The fourth-order valence-corrected chi connectivity index (χ4v) is 1.03. The van der Waals surface area contributed by atoms with Crippen molar-refractivity contribution in [1.29, 1.82) is 0 Å². The van der Waals surface area contributed by atoms with Crippen molar-refractivity contribution in [2.24, 2.45) is 11.1 Å². The van der Waals surface area contributed by atoms with E-state index >= 15 is 0 Å². The number of hydrogen-bond acceptors (Lipinski definition) is 5. The van der Waals surface area contributed by atoms with Gasteiger partial charge < -0.3 is 11.1 Å². The number of aromatic nitrogens is 2. The Hall–Kier alpha value is -1.01. The summed E-state index contributed by atoms with van der Waals surface area (Å²) in [5.41, 5.74) is 6.44. The summed E-state index contributed by atoms with van der Waals surface area (Å²) in [4.78, 5) is 11.5. The van der Waals surface area contributed by atoms with Crippen molar-refractivity contribution in [3.63, 3.8) is 0 Å². The number of amides is 1. The fraction of sp³-hybridized carbons (Fsp3) is 0.571. The molecule has 1 aromatic heterocycles. The van der Waals surface area contributed by atoms with Crippen molar-refractivity contribution in [1.82, 2.24) is 10.2 Å². The average molecular weight is 200 g/mol. The van der Waals surface area contributed by atoms with E-state index in [1.165, 1.54) is 11.3 Å². The van der Waals surface area contributed by atoms with Gasteiger partial charge in [0.15, 0.2) is 0 Å². The lowest BCUT2D eigenvalue weighted by molar-refractivity contribution is -0.123. The fourth-order valence-electron chi connectivity index (χ4n) is 0.587. The van der Waals surface area contributed by atoms with E-state index in [2.05, 4.69) is 15.5 Å². The van der Waals surface area contributed by atoms with Gasteiger partial charge in [0.05, 0.1) is 5.41 Å². The van der Waals surface area contributed by atoms with Gasteiger partial charge in [0.25, 0.3) is 0 Å². The molecule has 0 aliphatic heterocycles. The van der Waals surface area contributed by atoms with Crippen LogP contribution in [0.4, 0.5) is 5.13 Å². The molecule has 0 aliphatic rings. The quantitative estimate of drug-likeness (QED) is 0.742. The Bertz CT molecular complexity index is 283. The molecular weight excluding hydrogens is 188 g/mol. The molecule has 72 valence electrons. The van der Waals surface area contributed by atoms with Gasteiger partial charge in [-0.1, -0.05) is 11.3 Å². The second-order valence-electron chi connectivity index (χ2n) is 3.29. The van der Waals surface area contributed by atoms with Crippen molar-refractivity contribution >= 4 is 22.4 Å². The van der Waals surface area contributed by atoms with Crippen molar-refractivity contribution in [2.45, 2.75) is 13.8 Å². The van der Waals surface area contributed by atoms with Crippen molar-refractivity contribution < 1.29 is 4.79 Å². The van der Waals surface area contributed by atoms with Crippen LogP contribution in [0, 0.1) is 5.41 Å². The van der Waals surface area contributed by atoms with E-state index in [0.29, 0.717) is 11.7 Å². The zero-order valence-corrected chi connectivity index (χ0v) is 8.39. The van der Waals surface area contributed by atoms with E-state index in [0.717, 1.165) is 0 Å². The van der Waals surface area contributed by atoms with Crippen LogP contribution in [0.15, 0.2) is 5.51 Å². The molecule has 3 N–H and O–H groups in total. The van der Waals surface area contributed by atoms with Gasteiger partial charge in [-0.15, -0.1) is 10.2 Å². The first-order valence-corrected chi connectivity index (χ1v) is 4.72. The van der Waals surface area contributed by atoms with Gasteiger partial charge in [0.2, 0.25) is 11.0 Å². The van der Waals surface area contributed by atoms with Gasteiger partial charge in [-0.2, -0.15) is 0 Å². The molecule has 13 heavy (non-hydrogen) atoms. The lowest BCUT2D eigenvalue weighted by Crippen LogP contribution is -2.37. The number of carbonyl (C=O) groups is 1.